The third kappa shape index (κ3) is 5.85. The second kappa shape index (κ2) is 11.1. The Kier molecular flexibility index (Phi) is 7.45. The zero-order chi connectivity index (χ0) is 27.5. The van der Waals surface area contributed by atoms with E-state index < -0.39 is 17.8 Å². The fraction of sp³-hybridized carbons (Fsp3) is 0.226. The molecule has 8 heteroatoms. The summed E-state index contributed by atoms with van der Waals surface area (Å²) in [5, 5.41) is 2.65. The quantitative estimate of drug-likeness (QED) is 0.295. The summed E-state index contributed by atoms with van der Waals surface area (Å²) in [4.78, 5) is 27.4. The van der Waals surface area contributed by atoms with Crippen LogP contribution in [0.15, 0.2) is 83.3 Å². The Morgan fingerprint density at radius 1 is 1.00 bits per heavy atom. The van der Waals surface area contributed by atoms with Gasteiger partial charge >= 0.3 is 0 Å². The SMILES string of the molecule is CC(C)C(=O)N1CCc2ccc(OCc3ccc(C(=O)Nc4ccc(F)cc4)o3)cc2C1c1cccc(F)c1. The number of fused-ring (bicyclic) bond motifs is 1. The number of carbonyl (C=O) groups excluding carboxylic acids is 2. The number of hydrogen-bond acceptors (Lipinski definition) is 4. The van der Waals surface area contributed by atoms with Crippen LogP contribution in [0, 0.1) is 17.6 Å². The van der Waals surface area contributed by atoms with E-state index in [9.17, 15) is 18.4 Å². The Labute approximate surface area is 225 Å². The molecular formula is C31H28F2N2O4. The van der Waals surface area contributed by atoms with E-state index in [1.54, 1.807) is 18.2 Å². The van der Waals surface area contributed by atoms with Crippen LogP contribution >= 0.6 is 0 Å². The standard InChI is InChI=1S/C31H28F2N2O4/c1-19(2)31(37)35-15-14-20-6-11-25(17-27(20)29(35)21-4-3-5-23(33)16-21)38-18-26-12-13-28(39-26)30(36)34-24-9-7-22(32)8-10-24/h3-13,16-17,19,29H,14-15,18H2,1-2H3,(H,34,36). The smallest absolute Gasteiger partial charge is 0.291 e. The van der Waals surface area contributed by atoms with Gasteiger partial charge in [-0.05, 0) is 83.8 Å². The summed E-state index contributed by atoms with van der Waals surface area (Å²) in [6.45, 7) is 4.33. The first-order valence-corrected chi connectivity index (χ1v) is 12.8. The van der Waals surface area contributed by atoms with Crippen molar-refractivity contribution < 1.29 is 27.5 Å². The van der Waals surface area contributed by atoms with Gasteiger partial charge in [0.1, 0.15) is 29.8 Å². The number of halogens is 2. The molecule has 0 spiro atoms. The van der Waals surface area contributed by atoms with Crippen molar-refractivity contribution in [1.29, 1.82) is 0 Å². The maximum Gasteiger partial charge on any atom is 0.291 e. The highest BCUT2D eigenvalue weighted by Crippen LogP contribution is 2.38. The van der Waals surface area contributed by atoms with Crippen molar-refractivity contribution in [2.45, 2.75) is 32.9 Å². The molecule has 1 unspecified atom stereocenters. The van der Waals surface area contributed by atoms with Gasteiger partial charge < -0.3 is 19.4 Å². The molecule has 0 radical (unpaired) electrons. The van der Waals surface area contributed by atoms with Gasteiger partial charge in [-0.25, -0.2) is 8.78 Å². The van der Waals surface area contributed by atoms with E-state index in [0.29, 0.717) is 35.7 Å². The Morgan fingerprint density at radius 2 is 1.79 bits per heavy atom. The van der Waals surface area contributed by atoms with E-state index >= 15 is 0 Å². The third-order valence-electron chi connectivity index (χ3n) is 6.66. The van der Waals surface area contributed by atoms with Gasteiger partial charge in [-0.2, -0.15) is 0 Å². The van der Waals surface area contributed by atoms with Crippen LogP contribution in [0.25, 0.3) is 0 Å². The maximum atomic E-state index is 14.2. The van der Waals surface area contributed by atoms with E-state index in [2.05, 4.69) is 5.32 Å². The van der Waals surface area contributed by atoms with Crippen molar-refractivity contribution in [3.63, 3.8) is 0 Å². The van der Waals surface area contributed by atoms with Gasteiger partial charge in [0.15, 0.2) is 5.76 Å². The van der Waals surface area contributed by atoms with Gasteiger partial charge in [0, 0.05) is 18.2 Å². The highest BCUT2D eigenvalue weighted by atomic mass is 19.1. The van der Waals surface area contributed by atoms with Crippen LogP contribution in [0.5, 0.6) is 5.75 Å². The number of carbonyl (C=O) groups is 2. The van der Waals surface area contributed by atoms with Gasteiger partial charge in [0.25, 0.3) is 5.91 Å². The number of nitrogens with zero attached hydrogens (tertiary/aromatic N) is 1. The average Bonchev–Trinajstić information content (AvgIpc) is 3.41. The first-order valence-electron chi connectivity index (χ1n) is 12.8. The molecule has 200 valence electrons. The summed E-state index contributed by atoms with van der Waals surface area (Å²) < 4.78 is 38.9. The maximum absolute atomic E-state index is 14.2. The largest absolute Gasteiger partial charge is 0.486 e. The van der Waals surface area contributed by atoms with Gasteiger partial charge in [-0.3, -0.25) is 9.59 Å². The molecule has 1 N–H and O–H groups in total. The molecule has 3 aromatic carbocycles. The highest BCUT2D eigenvalue weighted by molar-refractivity contribution is 6.02. The predicted octanol–water partition coefficient (Wildman–Crippen LogP) is 6.52. The Morgan fingerprint density at radius 3 is 2.54 bits per heavy atom. The van der Waals surface area contributed by atoms with E-state index in [-0.39, 0.29) is 30.0 Å². The summed E-state index contributed by atoms with van der Waals surface area (Å²) in [5.41, 5.74) is 3.10. The summed E-state index contributed by atoms with van der Waals surface area (Å²) in [6.07, 6.45) is 0.685. The van der Waals surface area contributed by atoms with Crippen LogP contribution in [-0.2, 0) is 17.8 Å². The summed E-state index contributed by atoms with van der Waals surface area (Å²) in [7, 11) is 0. The van der Waals surface area contributed by atoms with Gasteiger partial charge in [-0.1, -0.05) is 32.0 Å². The van der Waals surface area contributed by atoms with Crippen LogP contribution in [0.1, 0.15) is 52.9 Å². The van der Waals surface area contributed by atoms with Gasteiger partial charge in [0.2, 0.25) is 5.91 Å². The van der Waals surface area contributed by atoms with Crippen molar-refractivity contribution in [2.75, 3.05) is 11.9 Å². The molecule has 2 amide bonds. The molecule has 1 aromatic heterocycles. The van der Waals surface area contributed by atoms with Crippen molar-refractivity contribution >= 4 is 17.5 Å². The molecule has 5 rings (SSSR count). The molecule has 0 aliphatic carbocycles. The number of benzene rings is 3. The van der Waals surface area contributed by atoms with E-state index in [1.165, 1.54) is 36.4 Å². The monoisotopic (exact) mass is 530 g/mol. The van der Waals surface area contributed by atoms with E-state index in [1.807, 2.05) is 43.0 Å². The molecule has 0 bridgehead atoms. The predicted molar refractivity (Wildman–Crippen MR) is 142 cm³/mol. The third-order valence-corrected chi connectivity index (χ3v) is 6.66. The average molecular weight is 531 g/mol. The Hall–Kier alpha value is -4.46. The van der Waals surface area contributed by atoms with Crippen molar-refractivity contribution in [2.24, 2.45) is 5.92 Å². The molecule has 0 fully saturated rings. The normalized spacial score (nSPS) is 14.7. The molecule has 1 atom stereocenters. The molecule has 0 saturated heterocycles. The minimum absolute atomic E-state index is 0.00302. The summed E-state index contributed by atoms with van der Waals surface area (Å²) in [6, 6.07) is 20.2. The molecule has 1 aliphatic rings. The van der Waals surface area contributed by atoms with Crippen LogP contribution in [-0.4, -0.2) is 23.3 Å². The lowest BCUT2D eigenvalue weighted by Crippen LogP contribution is -2.42. The van der Waals surface area contributed by atoms with Crippen molar-refractivity contribution in [3.05, 3.63) is 119 Å². The molecule has 4 aromatic rings. The molecule has 1 aliphatic heterocycles. The van der Waals surface area contributed by atoms with Crippen LogP contribution in [0.4, 0.5) is 14.5 Å². The zero-order valence-electron chi connectivity index (χ0n) is 21.6. The van der Waals surface area contributed by atoms with Crippen LogP contribution < -0.4 is 10.1 Å². The molecule has 6 nitrogen and oxygen atoms in total. The number of nitrogens with one attached hydrogen (secondary N) is 1. The number of hydrogen-bond donors (Lipinski definition) is 1. The second-order valence-corrected chi connectivity index (χ2v) is 9.77. The number of ether oxygens (including phenoxy) is 1. The zero-order valence-corrected chi connectivity index (χ0v) is 21.6. The second-order valence-electron chi connectivity index (χ2n) is 9.77. The summed E-state index contributed by atoms with van der Waals surface area (Å²) in [5.74, 6) is -0.321. The fourth-order valence-corrected chi connectivity index (χ4v) is 4.75. The lowest BCUT2D eigenvalue weighted by molar-refractivity contribution is -0.136. The number of rotatable bonds is 7. The van der Waals surface area contributed by atoms with E-state index in [4.69, 9.17) is 9.15 Å². The first-order chi connectivity index (χ1) is 18.8. The Balaban J connectivity index is 1.34. The van der Waals surface area contributed by atoms with E-state index in [0.717, 1.165) is 11.1 Å². The van der Waals surface area contributed by atoms with Crippen molar-refractivity contribution in [1.82, 2.24) is 4.90 Å². The lowest BCUT2D eigenvalue weighted by atomic mass is 9.87. The highest BCUT2D eigenvalue weighted by Gasteiger charge is 2.33. The van der Waals surface area contributed by atoms with Gasteiger partial charge in [-0.15, -0.1) is 0 Å². The summed E-state index contributed by atoms with van der Waals surface area (Å²) >= 11 is 0. The number of amides is 2. The first kappa shape index (κ1) is 26.2. The molecule has 39 heavy (non-hydrogen) atoms. The molecular weight excluding hydrogens is 502 g/mol. The minimum Gasteiger partial charge on any atom is -0.486 e. The van der Waals surface area contributed by atoms with Crippen LogP contribution in [0.3, 0.4) is 0 Å². The van der Waals surface area contributed by atoms with Crippen molar-refractivity contribution in [3.8, 4) is 5.75 Å². The fourth-order valence-electron chi connectivity index (χ4n) is 4.75. The Bertz CT molecular complexity index is 1500. The minimum atomic E-state index is -0.463. The topological polar surface area (TPSA) is 71.8 Å². The number of furan rings is 1. The number of anilines is 1. The lowest BCUT2D eigenvalue weighted by Gasteiger charge is -2.39. The molecule has 0 saturated carbocycles. The molecule has 2 heterocycles. The van der Waals surface area contributed by atoms with Crippen LogP contribution in [0.2, 0.25) is 0 Å². The van der Waals surface area contributed by atoms with Gasteiger partial charge in [0.05, 0.1) is 6.04 Å².